The fourth-order valence-electron chi connectivity index (χ4n) is 0.477. The van der Waals surface area contributed by atoms with Gasteiger partial charge >= 0.3 is 0 Å². The van der Waals surface area contributed by atoms with Gasteiger partial charge < -0.3 is 14.6 Å². The Morgan fingerprint density at radius 3 is 2.00 bits per heavy atom. The maximum absolute atomic E-state index is 8.30. The highest BCUT2D eigenvalue weighted by Gasteiger charge is 1.88. The van der Waals surface area contributed by atoms with Gasteiger partial charge in [-0.05, 0) is 0 Å². The Morgan fingerprint density at radius 2 is 1.45 bits per heavy atom. The zero-order chi connectivity index (χ0) is 8.36. The minimum absolute atomic E-state index is 0.0464. The molecule has 0 fully saturated rings. The molecule has 0 aromatic carbocycles. The first-order valence-corrected chi connectivity index (χ1v) is 3.72. The van der Waals surface area contributed by atoms with E-state index < -0.39 is 0 Å². The van der Waals surface area contributed by atoms with Crippen LogP contribution in [0.15, 0.2) is 0 Å². The number of ether oxygens (including phenoxy) is 2. The highest BCUT2D eigenvalue weighted by molar-refractivity contribution is 6.07. The molecule has 0 atom stereocenters. The molecule has 0 aliphatic rings. The summed E-state index contributed by atoms with van der Waals surface area (Å²) in [5.41, 5.74) is 0. The minimum atomic E-state index is 0.0464. The fourth-order valence-corrected chi connectivity index (χ4v) is 0.540. The molecule has 0 amide bonds. The van der Waals surface area contributed by atoms with Gasteiger partial charge in [0.25, 0.3) is 0 Å². The van der Waals surface area contributed by atoms with Crippen LogP contribution in [0.2, 0.25) is 0 Å². The predicted octanol–water partition coefficient (Wildman–Crippen LogP) is 0.182. The Labute approximate surface area is 71.2 Å². The van der Waals surface area contributed by atoms with E-state index in [4.69, 9.17) is 26.4 Å². The molecule has 0 aliphatic carbocycles. The highest BCUT2D eigenvalue weighted by Crippen LogP contribution is 1.82. The average molecular weight is 185 g/mol. The van der Waals surface area contributed by atoms with Gasteiger partial charge in [0, 0.05) is 0 Å². The minimum Gasteiger partial charge on any atom is -0.394 e. The lowest BCUT2D eigenvalue weighted by Crippen LogP contribution is -2.09. The van der Waals surface area contributed by atoms with Gasteiger partial charge in [-0.2, -0.15) is 0 Å². The quantitative estimate of drug-likeness (QED) is 0.547. The van der Waals surface area contributed by atoms with E-state index in [1.54, 1.807) is 0 Å². The second kappa shape index (κ2) is 10.1. The van der Waals surface area contributed by atoms with Gasteiger partial charge in [0.05, 0.1) is 51.5 Å². The lowest BCUT2D eigenvalue weighted by atomic mass is 10.7. The van der Waals surface area contributed by atoms with Crippen molar-refractivity contribution >= 4 is 11.9 Å². The van der Waals surface area contributed by atoms with Crippen LogP contribution in [-0.4, -0.2) is 44.7 Å². The van der Waals surface area contributed by atoms with Crippen molar-refractivity contribution in [2.75, 3.05) is 39.6 Å². The molecular weight excluding hydrogens is 172 g/mol. The van der Waals surface area contributed by atoms with Crippen molar-refractivity contribution in [1.29, 1.82) is 0 Å². The van der Waals surface area contributed by atoms with Gasteiger partial charge in [0.2, 0.25) is 0 Å². The van der Waals surface area contributed by atoms with Crippen LogP contribution in [0, 0.1) is 0 Å². The summed E-state index contributed by atoms with van der Waals surface area (Å²) in [6.07, 6.45) is 0. The van der Waals surface area contributed by atoms with E-state index in [0.29, 0.717) is 33.0 Å². The topological polar surface area (TPSA) is 47.9 Å². The van der Waals surface area contributed by atoms with Crippen molar-refractivity contribution < 1.29 is 18.9 Å². The van der Waals surface area contributed by atoms with E-state index >= 15 is 0 Å². The number of aliphatic hydroxyl groups excluding tert-OH is 1. The first kappa shape index (κ1) is 11.1. The summed E-state index contributed by atoms with van der Waals surface area (Å²) in [7, 11) is 0. The number of hydrogen-bond acceptors (Lipinski definition) is 4. The summed E-state index contributed by atoms with van der Waals surface area (Å²) in [6.45, 7) is 2.23. The molecule has 1 N–H and O–H groups in total. The molecule has 0 saturated carbocycles. The predicted molar refractivity (Wildman–Crippen MR) is 40.5 cm³/mol. The second-order valence-corrected chi connectivity index (χ2v) is 1.98. The van der Waals surface area contributed by atoms with Crippen LogP contribution in [0.25, 0.3) is 0 Å². The van der Waals surface area contributed by atoms with E-state index in [1.165, 1.54) is 0 Å². The third-order valence-electron chi connectivity index (χ3n) is 0.912. The Hall–Kier alpha value is 0.130. The van der Waals surface area contributed by atoms with Crippen molar-refractivity contribution in [2.45, 2.75) is 0 Å². The highest BCUT2D eigenvalue weighted by atomic mass is 35.5. The van der Waals surface area contributed by atoms with Crippen LogP contribution >= 0.6 is 11.9 Å². The summed E-state index contributed by atoms with van der Waals surface area (Å²) in [6, 6.07) is 0. The van der Waals surface area contributed by atoms with Crippen LogP contribution in [0.5, 0.6) is 0 Å². The molecule has 0 rings (SSSR count). The van der Waals surface area contributed by atoms with Crippen LogP contribution in [-0.2, 0) is 13.8 Å². The summed E-state index contributed by atoms with van der Waals surface area (Å²) in [4.78, 5) is 0. The molecule has 0 radical (unpaired) electrons. The van der Waals surface area contributed by atoms with E-state index in [-0.39, 0.29) is 6.61 Å². The average Bonchev–Trinajstić information content (AvgIpc) is 2.03. The number of rotatable bonds is 8. The smallest absolute Gasteiger partial charge is 0.0916 e. The van der Waals surface area contributed by atoms with E-state index in [2.05, 4.69) is 4.29 Å². The molecule has 0 bridgehead atoms. The van der Waals surface area contributed by atoms with Crippen LogP contribution in [0.3, 0.4) is 0 Å². The zero-order valence-electron chi connectivity index (χ0n) is 6.29. The maximum atomic E-state index is 8.30. The Bertz CT molecular complexity index is 63.6. The Morgan fingerprint density at radius 1 is 0.909 bits per heavy atom. The number of hydrogen-bond donors (Lipinski definition) is 1. The van der Waals surface area contributed by atoms with E-state index in [9.17, 15) is 0 Å². The zero-order valence-corrected chi connectivity index (χ0v) is 7.05. The molecule has 0 heterocycles. The van der Waals surface area contributed by atoms with Gasteiger partial charge in [-0.25, -0.2) is 0 Å². The second-order valence-electron chi connectivity index (χ2n) is 1.76. The molecule has 5 heteroatoms. The molecule has 4 nitrogen and oxygen atoms in total. The van der Waals surface area contributed by atoms with Crippen molar-refractivity contribution in [3.05, 3.63) is 0 Å². The van der Waals surface area contributed by atoms with Gasteiger partial charge in [-0.3, -0.25) is 4.29 Å². The van der Waals surface area contributed by atoms with Crippen molar-refractivity contribution in [2.24, 2.45) is 0 Å². The molecule has 11 heavy (non-hydrogen) atoms. The molecule has 0 unspecified atom stereocenters. The first-order chi connectivity index (χ1) is 5.41. The molecule has 0 spiro atoms. The van der Waals surface area contributed by atoms with E-state index in [1.807, 2.05) is 0 Å². The summed E-state index contributed by atoms with van der Waals surface area (Å²) < 4.78 is 14.2. The fraction of sp³-hybridized carbons (Fsp3) is 1.00. The van der Waals surface area contributed by atoms with Crippen LogP contribution < -0.4 is 0 Å². The summed E-state index contributed by atoms with van der Waals surface area (Å²) in [5, 5.41) is 8.30. The monoisotopic (exact) mass is 184 g/mol. The van der Waals surface area contributed by atoms with Gasteiger partial charge in [0.15, 0.2) is 0 Å². The number of aliphatic hydroxyl groups is 1. The molecule has 68 valence electrons. The molecule has 0 saturated heterocycles. The molecular formula is C6H13ClO4. The maximum Gasteiger partial charge on any atom is 0.0916 e. The van der Waals surface area contributed by atoms with Crippen LogP contribution in [0.1, 0.15) is 0 Å². The summed E-state index contributed by atoms with van der Waals surface area (Å²) >= 11 is 4.92. The van der Waals surface area contributed by atoms with Gasteiger partial charge in [-0.1, -0.05) is 0 Å². The Balaban J connectivity index is 2.69. The van der Waals surface area contributed by atoms with Crippen molar-refractivity contribution in [1.82, 2.24) is 0 Å². The molecule has 0 aromatic rings. The number of halogens is 1. The van der Waals surface area contributed by atoms with Crippen LogP contribution in [0.4, 0.5) is 0 Å². The van der Waals surface area contributed by atoms with Crippen molar-refractivity contribution in [3.63, 3.8) is 0 Å². The molecule has 0 aromatic heterocycles. The lowest BCUT2D eigenvalue weighted by molar-refractivity contribution is 0.0255. The largest absolute Gasteiger partial charge is 0.394 e. The normalized spacial score (nSPS) is 10.4. The van der Waals surface area contributed by atoms with E-state index in [0.717, 1.165) is 0 Å². The third kappa shape index (κ3) is 10.1. The summed E-state index contributed by atoms with van der Waals surface area (Å²) in [5.74, 6) is 0. The SMILES string of the molecule is OCCOCCOCCOCl. The Kier molecular flexibility index (Phi) is 10.2. The third-order valence-corrected chi connectivity index (χ3v) is 1.07. The van der Waals surface area contributed by atoms with Gasteiger partial charge in [-0.15, -0.1) is 0 Å². The first-order valence-electron chi connectivity index (χ1n) is 3.41. The molecule has 0 aliphatic heterocycles. The van der Waals surface area contributed by atoms with Crippen molar-refractivity contribution in [3.8, 4) is 0 Å². The lowest BCUT2D eigenvalue weighted by Gasteiger charge is -2.02. The van der Waals surface area contributed by atoms with Gasteiger partial charge in [0.1, 0.15) is 0 Å². The standard InChI is InChI=1S/C6H13ClO4/c7-11-6-5-10-4-3-9-2-1-8/h8H,1-6H2.